The van der Waals surface area contributed by atoms with E-state index in [1.807, 2.05) is 0 Å². The second kappa shape index (κ2) is 14.7. The summed E-state index contributed by atoms with van der Waals surface area (Å²) in [4.78, 5) is 9.97. The largest absolute Gasteiger partial charge is 0.550 e. The maximum atomic E-state index is 9.97. The quantitative estimate of drug-likeness (QED) is 0.478. The number of aliphatic carboxylic acids is 1. The van der Waals surface area contributed by atoms with Gasteiger partial charge in [0, 0.05) is 5.97 Å². The molecule has 0 unspecified atom stereocenters. The highest BCUT2D eigenvalue weighted by Crippen LogP contribution is 2.21. The Hall–Kier alpha value is -0.570. The molecule has 0 heterocycles. The van der Waals surface area contributed by atoms with Crippen LogP contribution in [-0.2, 0) is 4.79 Å². The summed E-state index contributed by atoms with van der Waals surface area (Å²) in [7, 11) is 2.45. The second-order valence-electron chi connectivity index (χ2n) is 8.64. The molecule has 0 aliphatic rings. The summed E-state index contributed by atoms with van der Waals surface area (Å²) in [5.41, 5.74) is 0.245. The predicted molar refractivity (Wildman–Crippen MR) is 104 cm³/mol. The Morgan fingerprint density at radius 2 is 1.21 bits per heavy atom. The van der Waals surface area contributed by atoms with E-state index < -0.39 is 5.97 Å². The van der Waals surface area contributed by atoms with Gasteiger partial charge in [0.25, 0.3) is 0 Å². The summed E-state index contributed by atoms with van der Waals surface area (Å²) in [5.74, 6) is -0.941. The lowest BCUT2D eigenvalue weighted by Crippen LogP contribution is -2.46. The summed E-state index contributed by atoms with van der Waals surface area (Å²) < 4.78 is 1.32. The van der Waals surface area contributed by atoms with Crippen molar-refractivity contribution in [3.8, 4) is 0 Å². The third-order valence-electron chi connectivity index (χ3n) is 4.46. The van der Waals surface area contributed by atoms with Gasteiger partial charge in [-0.1, -0.05) is 60.8 Å². The van der Waals surface area contributed by atoms with Gasteiger partial charge in [0.2, 0.25) is 0 Å². The molecular formula is C21H45NO2. The summed E-state index contributed by atoms with van der Waals surface area (Å²) in [6.45, 7) is 17.3. The Balaban J connectivity index is 0. The van der Waals surface area contributed by atoms with E-state index in [1.54, 1.807) is 0 Å². The van der Waals surface area contributed by atoms with Crippen LogP contribution in [0.5, 0.6) is 0 Å². The van der Waals surface area contributed by atoms with Crippen LogP contribution in [0.3, 0.4) is 0 Å². The van der Waals surface area contributed by atoms with Gasteiger partial charge in [-0.2, -0.15) is 0 Å². The van der Waals surface area contributed by atoms with Gasteiger partial charge in [-0.25, -0.2) is 0 Å². The third kappa shape index (κ3) is 19.5. The normalized spacial score (nSPS) is 11.8. The molecule has 0 aromatic rings. The molecular weight excluding hydrogens is 298 g/mol. The molecule has 146 valence electrons. The van der Waals surface area contributed by atoms with Crippen molar-refractivity contribution in [1.29, 1.82) is 0 Å². The standard InChI is InChI=1S/C13H30N.C8H16O2/c1-5-8-11-14(4,12-9-6-2)13-10-7-3;1-8(2,3)6-4-5-7(9)10/h5-13H2,1-4H3;4-6H2,1-3H3,(H,9,10)/q+1;/p-1. The number of quaternary nitrogens is 1. The van der Waals surface area contributed by atoms with Crippen molar-refractivity contribution in [3.05, 3.63) is 0 Å². The van der Waals surface area contributed by atoms with Crippen molar-refractivity contribution in [2.24, 2.45) is 5.41 Å². The van der Waals surface area contributed by atoms with Crippen molar-refractivity contribution < 1.29 is 14.4 Å². The highest BCUT2D eigenvalue weighted by atomic mass is 16.4. The fourth-order valence-corrected chi connectivity index (χ4v) is 2.72. The van der Waals surface area contributed by atoms with Crippen molar-refractivity contribution in [3.63, 3.8) is 0 Å². The molecule has 0 saturated carbocycles. The molecule has 0 atom stereocenters. The van der Waals surface area contributed by atoms with E-state index in [4.69, 9.17) is 0 Å². The SMILES string of the molecule is CC(C)(C)CCCC(=O)[O-].CCCC[N+](C)(CCCC)CCCC. The van der Waals surface area contributed by atoms with Crippen LogP contribution in [-0.4, -0.2) is 37.1 Å². The highest BCUT2D eigenvalue weighted by molar-refractivity contribution is 5.64. The number of unbranched alkanes of at least 4 members (excludes halogenated alkanes) is 3. The molecule has 3 nitrogen and oxygen atoms in total. The minimum atomic E-state index is -0.941. The molecule has 0 amide bonds. The Bertz CT molecular complexity index is 273. The Morgan fingerprint density at radius 3 is 1.46 bits per heavy atom. The van der Waals surface area contributed by atoms with E-state index in [2.05, 4.69) is 48.6 Å². The molecule has 0 N–H and O–H groups in total. The molecule has 0 fully saturated rings. The van der Waals surface area contributed by atoms with Crippen molar-refractivity contribution >= 4 is 5.97 Å². The predicted octanol–water partition coefficient (Wildman–Crippen LogP) is 4.79. The van der Waals surface area contributed by atoms with Crippen LogP contribution in [0.25, 0.3) is 0 Å². The number of rotatable bonds is 12. The van der Waals surface area contributed by atoms with Crippen LogP contribution in [0.1, 0.15) is 99.3 Å². The zero-order chi connectivity index (χ0) is 19.1. The molecule has 0 bridgehead atoms. The van der Waals surface area contributed by atoms with E-state index in [0.717, 1.165) is 12.8 Å². The van der Waals surface area contributed by atoms with Gasteiger partial charge in [0.15, 0.2) is 0 Å². The molecule has 24 heavy (non-hydrogen) atoms. The van der Waals surface area contributed by atoms with E-state index in [1.165, 1.54) is 62.6 Å². The first-order valence-electron chi connectivity index (χ1n) is 10.1. The topological polar surface area (TPSA) is 40.1 Å². The van der Waals surface area contributed by atoms with Gasteiger partial charge in [0.1, 0.15) is 0 Å². The maximum absolute atomic E-state index is 9.97. The van der Waals surface area contributed by atoms with Crippen LogP contribution < -0.4 is 5.11 Å². The third-order valence-corrected chi connectivity index (χ3v) is 4.46. The number of hydrogen-bond donors (Lipinski definition) is 0. The molecule has 0 aromatic carbocycles. The van der Waals surface area contributed by atoms with Crippen LogP contribution >= 0.6 is 0 Å². The maximum Gasteiger partial charge on any atom is 0.0784 e. The summed E-state index contributed by atoms with van der Waals surface area (Å²) >= 11 is 0. The average molecular weight is 344 g/mol. The zero-order valence-electron chi connectivity index (χ0n) is 17.7. The molecule has 0 aliphatic heterocycles. The Labute approximate surface area is 152 Å². The molecule has 0 spiro atoms. The highest BCUT2D eigenvalue weighted by Gasteiger charge is 2.18. The van der Waals surface area contributed by atoms with Gasteiger partial charge in [0.05, 0.1) is 26.7 Å². The molecule has 3 heteroatoms. The van der Waals surface area contributed by atoms with Crippen LogP contribution in [0, 0.1) is 5.41 Å². The van der Waals surface area contributed by atoms with Crippen LogP contribution in [0.2, 0.25) is 0 Å². The average Bonchev–Trinajstić information content (AvgIpc) is 2.48. The fourth-order valence-electron chi connectivity index (χ4n) is 2.72. The number of carboxylic acids is 1. The lowest BCUT2D eigenvalue weighted by atomic mass is 9.90. The first-order valence-corrected chi connectivity index (χ1v) is 10.1. The fraction of sp³-hybridized carbons (Fsp3) is 0.952. The lowest BCUT2D eigenvalue weighted by molar-refractivity contribution is -0.910. The van der Waals surface area contributed by atoms with Gasteiger partial charge in [-0.3, -0.25) is 0 Å². The number of carbonyl (C=O) groups is 1. The monoisotopic (exact) mass is 343 g/mol. The Morgan fingerprint density at radius 1 is 0.833 bits per heavy atom. The lowest BCUT2D eigenvalue weighted by Gasteiger charge is -2.34. The Kier molecular flexibility index (Phi) is 15.8. The van der Waals surface area contributed by atoms with E-state index in [9.17, 15) is 9.90 Å². The molecule has 0 rings (SSSR count). The van der Waals surface area contributed by atoms with Crippen molar-refractivity contribution in [2.75, 3.05) is 26.7 Å². The van der Waals surface area contributed by atoms with Gasteiger partial charge >= 0.3 is 0 Å². The summed E-state index contributed by atoms with van der Waals surface area (Å²) in [6.07, 6.45) is 10.1. The zero-order valence-corrected chi connectivity index (χ0v) is 17.7. The number of nitrogens with zero attached hydrogens (tertiary/aromatic N) is 1. The van der Waals surface area contributed by atoms with Gasteiger partial charge < -0.3 is 14.4 Å². The molecule has 0 aliphatic carbocycles. The van der Waals surface area contributed by atoms with Crippen LogP contribution in [0.4, 0.5) is 0 Å². The molecule has 0 saturated heterocycles. The van der Waals surface area contributed by atoms with E-state index in [-0.39, 0.29) is 11.8 Å². The summed E-state index contributed by atoms with van der Waals surface area (Å²) in [5, 5.41) is 9.97. The first-order chi connectivity index (χ1) is 11.1. The summed E-state index contributed by atoms with van der Waals surface area (Å²) in [6, 6.07) is 0. The smallest absolute Gasteiger partial charge is 0.0784 e. The number of carboxylic acid groups (broad SMARTS) is 1. The van der Waals surface area contributed by atoms with Crippen molar-refractivity contribution in [2.45, 2.75) is 99.3 Å². The van der Waals surface area contributed by atoms with Crippen molar-refractivity contribution in [1.82, 2.24) is 0 Å². The number of hydrogen-bond acceptors (Lipinski definition) is 2. The second-order valence-corrected chi connectivity index (χ2v) is 8.64. The van der Waals surface area contributed by atoms with E-state index in [0.29, 0.717) is 0 Å². The molecule has 0 aromatic heterocycles. The minimum Gasteiger partial charge on any atom is -0.550 e. The first kappa shape index (κ1) is 25.7. The van der Waals surface area contributed by atoms with Gasteiger partial charge in [-0.05, 0) is 43.9 Å². The number of carbonyl (C=O) groups excluding carboxylic acids is 1. The van der Waals surface area contributed by atoms with E-state index >= 15 is 0 Å². The van der Waals surface area contributed by atoms with Crippen LogP contribution in [0.15, 0.2) is 0 Å². The molecule has 0 radical (unpaired) electrons. The van der Waals surface area contributed by atoms with Gasteiger partial charge in [-0.15, -0.1) is 0 Å². The minimum absolute atomic E-state index is 0.192.